The van der Waals surface area contributed by atoms with Gasteiger partial charge in [-0.15, -0.1) is 0 Å². The first kappa shape index (κ1) is 14.5. The quantitative estimate of drug-likeness (QED) is 0.648. The summed E-state index contributed by atoms with van der Waals surface area (Å²) in [5.74, 6) is 1.10. The molecule has 0 aromatic heterocycles. The fourth-order valence-electron chi connectivity index (χ4n) is 2.39. The highest BCUT2D eigenvalue weighted by Crippen LogP contribution is 2.22. The molecular weight excluding hydrogens is 216 g/mol. The van der Waals surface area contributed by atoms with Gasteiger partial charge < -0.3 is 15.7 Å². The molecule has 0 saturated carbocycles. The number of carbonyl (C=O) groups is 1. The Morgan fingerprint density at radius 3 is 2.88 bits per heavy atom. The van der Waals surface area contributed by atoms with E-state index in [0.717, 1.165) is 19.5 Å². The summed E-state index contributed by atoms with van der Waals surface area (Å²) in [6.07, 6.45) is 3.79. The lowest BCUT2D eigenvalue weighted by molar-refractivity contribution is -0.123. The van der Waals surface area contributed by atoms with Crippen molar-refractivity contribution in [2.75, 3.05) is 19.7 Å². The summed E-state index contributed by atoms with van der Waals surface area (Å²) in [5, 5.41) is 15.3. The minimum absolute atomic E-state index is 0.0294. The number of carbonyl (C=O) groups excluding carboxylic acids is 1. The Labute approximate surface area is 104 Å². The molecular formula is C13H26N2O2. The van der Waals surface area contributed by atoms with Crippen LogP contribution < -0.4 is 10.6 Å². The number of nitrogens with one attached hydrogen (secondary N) is 2. The summed E-state index contributed by atoms with van der Waals surface area (Å²) in [6.45, 7) is 6.29. The first-order chi connectivity index (χ1) is 8.17. The van der Waals surface area contributed by atoms with Crippen molar-refractivity contribution in [3.63, 3.8) is 0 Å². The van der Waals surface area contributed by atoms with E-state index in [4.69, 9.17) is 5.11 Å². The van der Waals surface area contributed by atoms with Gasteiger partial charge in [0.15, 0.2) is 0 Å². The number of amides is 1. The van der Waals surface area contributed by atoms with Gasteiger partial charge in [0.2, 0.25) is 5.91 Å². The molecule has 0 aliphatic carbocycles. The van der Waals surface area contributed by atoms with Gasteiger partial charge in [-0.2, -0.15) is 0 Å². The van der Waals surface area contributed by atoms with Gasteiger partial charge in [0.25, 0.3) is 0 Å². The van der Waals surface area contributed by atoms with Gasteiger partial charge in [0.05, 0.1) is 12.6 Å². The number of rotatable bonds is 6. The van der Waals surface area contributed by atoms with Gasteiger partial charge >= 0.3 is 0 Å². The minimum Gasteiger partial charge on any atom is -0.394 e. The molecule has 1 heterocycles. The zero-order chi connectivity index (χ0) is 12.7. The molecule has 4 heteroatoms. The molecule has 1 fully saturated rings. The van der Waals surface area contributed by atoms with Crippen molar-refractivity contribution >= 4 is 5.91 Å². The lowest BCUT2D eigenvalue weighted by Gasteiger charge is -2.28. The minimum atomic E-state index is -0.0841. The van der Waals surface area contributed by atoms with Crippen LogP contribution >= 0.6 is 0 Å². The summed E-state index contributed by atoms with van der Waals surface area (Å²) < 4.78 is 0. The van der Waals surface area contributed by atoms with Gasteiger partial charge in [-0.25, -0.2) is 0 Å². The molecule has 1 aliphatic rings. The second-order valence-electron chi connectivity index (χ2n) is 5.14. The molecule has 3 atom stereocenters. The summed E-state index contributed by atoms with van der Waals surface area (Å²) in [7, 11) is 0. The van der Waals surface area contributed by atoms with Crippen LogP contribution in [0.5, 0.6) is 0 Å². The third-order valence-corrected chi connectivity index (χ3v) is 3.73. The van der Waals surface area contributed by atoms with Gasteiger partial charge in [0.1, 0.15) is 0 Å². The lowest BCUT2D eigenvalue weighted by atomic mass is 9.85. The van der Waals surface area contributed by atoms with Crippen molar-refractivity contribution in [3.05, 3.63) is 0 Å². The van der Waals surface area contributed by atoms with Crippen LogP contribution in [0.15, 0.2) is 0 Å². The predicted octanol–water partition coefficient (Wildman–Crippen LogP) is 0.899. The summed E-state index contributed by atoms with van der Waals surface area (Å²) in [6, 6.07) is -0.0841. The fraction of sp³-hybridized carbons (Fsp3) is 0.923. The molecule has 1 saturated heterocycles. The van der Waals surface area contributed by atoms with Crippen LogP contribution in [0.25, 0.3) is 0 Å². The lowest BCUT2D eigenvalue weighted by Crippen LogP contribution is -2.39. The Kier molecular flexibility index (Phi) is 6.52. The van der Waals surface area contributed by atoms with Gasteiger partial charge in [-0.1, -0.05) is 13.8 Å². The van der Waals surface area contributed by atoms with E-state index in [1.165, 1.54) is 12.8 Å². The van der Waals surface area contributed by atoms with Crippen LogP contribution in [0.3, 0.4) is 0 Å². The molecule has 0 bridgehead atoms. The highest BCUT2D eigenvalue weighted by atomic mass is 16.3. The van der Waals surface area contributed by atoms with Crippen LogP contribution in [0.4, 0.5) is 0 Å². The first-order valence-corrected chi connectivity index (χ1v) is 6.78. The molecule has 1 aliphatic heterocycles. The molecule has 0 aromatic carbocycles. The van der Waals surface area contributed by atoms with Gasteiger partial charge in [-0.3, -0.25) is 4.79 Å². The molecule has 0 spiro atoms. The van der Waals surface area contributed by atoms with Crippen molar-refractivity contribution in [2.24, 2.45) is 11.8 Å². The Morgan fingerprint density at radius 1 is 1.59 bits per heavy atom. The van der Waals surface area contributed by atoms with Crippen LogP contribution in [0.1, 0.15) is 39.5 Å². The summed E-state index contributed by atoms with van der Waals surface area (Å²) in [4.78, 5) is 11.8. The maximum atomic E-state index is 11.8. The van der Waals surface area contributed by atoms with Crippen molar-refractivity contribution in [1.82, 2.24) is 10.6 Å². The zero-order valence-corrected chi connectivity index (χ0v) is 11.0. The Morgan fingerprint density at radius 2 is 2.35 bits per heavy atom. The van der Waals surface area contributed by atoms with Crippen molar-refractivity contribution < 1.29 is 9.90 Å². The summed E-state index contributed by atoms with van der Waals surface area (Å²) in [5.41, 5.74) is 0. The highest BCUT2D eigenvalue weighted by Gasteiger charge is 2.22. The third kappa shape index (κ3) is 5.04. The number of piperidine rings is 1. The molecule has 0 radical (unpaired) electrons. The van der Waals surface area contributed by atoms with E-state index in [9.17, 15) is 4.79 Å². The van der Waals surface area contributed by atoms with E-state index in [2.05, 4.69) is 17.6 Å². The second-order valence-corrected chi connectivity index (χ2v) is 5.14. The maximum absolute atomic E-state index is 11.8. The van der Waals surface area contributed by atoms with Crippen LogP contribution in [0, 0.1) is 11.8 Å². The summed E-state index contributed by atoms with van der Waals surface area (Å²) >= 11 is 0. The molecule has 17 heavy (non-hydrogen) atoms. The highest BCUT2D eigenvalue weighted by molar-refractivity contribution is 5.76. The SMILES string of the molecule is CC[C@H](CO)NC(=O)CC(C)C1CCCNC1. The average Bonchev–Trinajstić information content (AvgIpc) is 2.37. The number of aliphatic hydroxyl groups excluding tert-OH is 1. The topological polar surface area (TPSA) is 61.4 Å². The van der Waals surface area contributed by atoms with Crippen LogP contribution in [-0.2, 0) is 4.79 Å². The van der Waals surface area contributed by atoms with E-state index >= 15 is 0 Å². The Bertz CT molecular complexity index is 223. The zero-order valence-electron chi connectivity index (χ0n) is 11.0. The average molecular weight is 242 g/mol. The molecule has 0 aromatic rings. The smallest absolute Gasteiger partial charge is 0.220 e. The standard InChI is InChI=1S/C13H26N2O2/c1-3-12(9-16)15-13(17)7-10(2)11-5-4-6-14-8-11/h10-12,14,16H,3-9H2,1-2H3,(H,15,17)/t10?,11?,12-/m1/s1. The largest absolute Gasteiger partial charge is 0.394 e. The third-order valence-electron chi connectivity index (χ3n) is 3.73. The van der Waals surface area contributed by atoms with E-state index in [1.807, 2.05) is 6.92 Å². The second kappa shape index (κ2) is 7.67. The van der Waals surface area contributed by atoms with E-state index in [-0.39, 0.29) is 18.6 Å². The van der Waals surface area contributed by atoms with E-state index < -0.39 is 0 Å². The predicted molar refractivity (Wildman–Crippen MR) is 68.7 cm³/mol. The normalized spacial score (nSPS) is 24.1. The molecule has 4 nitrogen and oxygen atoms in total. The van der Waals surface area contributed by atoms with E-state index in [1.54, 1.807) is 0 Å². The fourth-order valence-corrected chi connectivity index (χ4v) is 2.39. The molecule has 2 unspecified atom stereocenters. The van der Waals surface area contributed by atoms with Crippen LogP contribution in [-0.4, -0.2) is 36.8 Å². The Hall–Kier alpha value is -0.610. The number of hydrogen-bond donors (Lipinski definition) is 3. The van der Waals surface area contributed by atoms with Crippen molar-refractivity contribution in [2.45, 2.75) is 45.6 Å². The monoisotopic (exact) mass is 242 g/mol. The Balaban J connectivity index is 2.29. The molecule has 100 valence electrons. The van der Waals surface area contributed by atoms with E-state index in [0.29, 0.717) is 18.3 Å². The van der Waals surface area contributed by atoms with Crippen LogP contribution in [0.2, 0.25) is 0 Å². The molecule has 1 rings (SSSR count). The maximum Gasteiger partial charge on any atom is 0.220 e. The van der Waals surface area contributed by atoms with Gasteiger partial charge in [0, 0.05) is 6.42 Å². The first-order valence-electron chi connectivity index (χ1n) is 6.78. The number of aliphatic hydroxyl groups is 1. The number of hydrogen-bond acceptors (Lipinski definition) is 3. The van der Waals surface area contributed by atoms with Gasteiger partial charge in [-0.05, 0) is 44.2 Å². The van der Waals surface area contributed by atoms with Crippen molar-refractivity contribution in [3.8, 4) is 0 Å². The molecule has 1 amide bonds. The molecule has 3 N–H and O–H groups in total. The van der Waals surface area contributed by atoms with Crippen molar-refractivity contribution in [1.29, 1.82) is 0 Å².